The highest BCUT2D eigenvalue weighted by Crippen LogP contribution is 2.26. The third kappa shape index (κ3) is 10.5. The molecule has 0 fully saturated rings. The first kappa shape index (κ1) is 40.1. The molecule has 0 aliphatic carbocycles. The molecule has 0 saturated heterocycles. The van der Waals surface area contributed by atoms with Crippen molar-refractivity contribution < 1.29 is 56.6 Å². The van der Waals surface area contributed by atoms with E-state index in [2.05, 4.69) is 10.2 Å². The summed E-state index contributed by atoms with van der Waals surface area (Å²) in [6, 6.07) is 17.0. The molecule has 0 aromatic heterocycles. The molecule has 0 spiro atoms. The molecule has 18 heteroatoms. The lowest BCUT2D eigenvalue weighted by molar-refractivity contribution is -0.235. The van der Waals surface area contributed by atoms with Gasteiger partial charge in [-0.1, -0.05) is 72.8 Å². The topological polar surface area (TPSA) is 258 Å². The molecule has 1 unspecified atom stereocenters. The maximum Gasteiger partial charge on any atom is 0.493 e. The predicted molar refractivity (Wildman–Crippen MR) is 185 cm³/mol. The Kier molecular flexibility index (Phi) is 12.8. The van der Waals surface area contributed by atoms with E-state index in [1.54, 1.807) is 60.7 Å². The Morgan fingerprint density at radius 3 is 2.11 bits per heavy atom. The van der Waals surface area contributed by atoms with Gasteiger partial charge in [0.25, 0.3) is 5.91 Å². The van der Waals surface area contributed by atoms with Gasteiger partial charge < -0.3 is 37.2 Å². The number of esters is 2. The molecule has 0 saturated carbocycles. The summed E-state index contributed by atoms with van der Waals surface area (Å²) in [5.41, 5.74) is 17.8. The molecule has 0 heterocycles. The van der Waals surface area contributed by atoms with E-state index in [0.29, 0.717) is 21.9 Å². The maximum atomic E-state index is 14.0. The molecule has 4 aromatic rings. The molecule has 0 aliphatic heterocycles. The van der Waals surface area contributed by atoms with E-state index in [-0.39, 0.29) is 28.6 Å². The summed E-state index contributed by atoms with van der Waals surface area (Å²) in [5.74, 6) is -10.1. The number of amides is 2. The number of alkyl halides is 3. The number of aliphatic carboxylic acids is 1. The number of nitrogens with two attached hydrogens (primary N) is 3. The quantitative estimate of drug-likeness (QED) is 0.0379. The molecule has 54 heavy (non-hydrogen) atoms. The van der Waals surface area contributed by atoms with Crippen molar-refractivity contribution >= 4 is 58.0 Å². The minimum absolute atomic E-state index is 0.0383. The Bertz CT molecular complexity index is 2090. The molecule has 4 aromatic carbocycles. The van der Waals surface area contributed by atoms with Crippen LogP contribution in [0.1, 0.15) is 33.5 Å². The van der Waals surface area contributed by atoms with Crippen molar-refractivity contribution in [3.63, 3.8) is 0 Å². The smallest absolute Gasteiger partial charge is 0.481 e. The normalized spacial score (nSPS) is 12.8. The third-order valence-corrected chi connectivity index (χ3v) is 7.79. The number of carboxylic acids is 1. The number of nitrogens with zero attached hydrogens (tertiary/aromatic N) is 1. The van der Waals surface area contributed by atoms with Crippen molar-refractivity contribution in [3.8, 4) is 0 Å². The number of hydroxylamine groups is 2. The van der Waals surface area contributed by atoms with Gasteiger partial charge in [-0.15, -0.1) is 0 Å². The first-order valence-electron chi connectivity index (χ1n) is 15.9. The van der Waals surface area contributed by atoms with Crippen LogP contribution in [0.5, 0.6) is 0 Å². The van der Waals surface area contributed by atoms with E-state index in [4.69, 9.17) is 32.5 Å². The highest BCUT2D eigenvalue weighted by molar-refractivity contribution is 6.01. The van der Waals surface area contributed by atoms with Crippen LogP contribution in [0.25, 0.3) is 10.8 Å². The van der Waals surface area contributed by atoms with Crippen molar-refractivity contribution in [2.45, 2.75) is 43.6 Å². The van der Waals surface area contributed by atoms with Gasteiger partial charge in [0.05, 0.1) is 12.5 Å². The van der Waals surface area contributed by atoms with Gasteiger partial charge in [0.2, 0.25) is 5.91 Å². The maximum absolute atomic E-state index is 14.0. The summed E-state index contributed by atoms with van der Waals surface area (Å²) in [4.78, 5) is 80.9. The van der Waals surface area contributed by atoms with Crippen LogP contribution in [0.15, 0.2) is 91.0 Å². The van der Waals surface area contributed by atoms with Gasteiger partial charge in [0, 0.05) is 23.2 Å². The van der Waals surface area contributed by atoms with Crippen LogP contribution in [0, 0.1) is 5.41 Å². The molecule has 2 amide bonds. The van der Waals surface area contributed by atoms with Crippen molar-refractivity contribution in [1.82, 2.24) is 5.06 Å². The van der Waals surface area contributed by atoms with Crippen LogP contribution < -0.4 is 22.5 Å². The largest absolute Gasteiger partial charge is 0.493 e. The Labute approximate surface area is 304 Å². The number of fused-ring (bicyclic) bond motifs is 1. The van der Waals surface area contributed by atoms with Gasteiger partial charge in [-0.2, -0.15) is 18.2 Å². The van der Waals surface area contributed by atoms with Crippen LogP contribution in [0.3, 0.4) is 0 Å². The van der Waals surface area contributed by atoms with Crippen LogP contribution in [0.2, 0.25) is 0 Å². The Balaban J connectivity index is 1.69. The average Bonchev–Trinajstić information content (AvgIpc) is 3.12. The summed E-state index contributed by atoms with van der Waals surface area (Å²) in [6.07, 6.45) is -7.31. The minimum Gasteiger partial charge on any atom is -0.481 e. The number of carbonyl (C=O) groups excluding carboxylic acids is 5. The molecule has 0 aliphatic rings. The lowest BCUT2D eigenvalue weighted by atomic mass is 9.98. The standard InChI is InChI=1S/C36H33F3N6O9/c37-36(38,39)35(52)54-45(28(34(51)53-33(50)27(41)18-29(46)47)17-22-7-3-6-20-5-1-2-10-25(20)22)32(49)23-8-4-9-24(16-23)44-31(48)26(40)15-19-11-13-21(14-12-19)30(42)43/h1-14,16,26-28H,15,17-18,40-41H2,(H3,42,43)(H,44,48)(H,46,47)/t26?,27-,28-/m0/s1. The van der Waals surface area contributed by atoms with Crippen molar-refractivity contribution in [1.29, 1.82) is 5.41 Å². The second kappa shape index (κ2) is 17.2. The lowest BCUT2D eigenvalue weighted by Crippen LogP contribution is -2.51. The van der Waals surface area contributed by atoms with Gasteiger partial charge in [-0.05, 0) is 46.5 Å². The van der Waals surface area contributed by atoms with Gasteiger partial charge in [-0.25, -0.2) is 14.4 Å². The van der Waals surface area contributed by atoms with Gasteiger partial charge in [-0.3, -0.25) is 19.8 Å². The number of hydrogen-bond acceptors (Lipinski definition) is 11. The highest BCUT2D eigenvalue weighted by Gasteiger charge is 2.46. The van der Waals surface area contributed by atoms with E-state index in [0.717, 1.165) is 12.1 Å². The number of nitrogen functional groups attached to an aromatic ring is 1. The van der Waals surface area contributed by atoms with E-state index < -0.39 is 78.4 Å². The number of rotatable bonds is 13. The number of nitrogens with one attached hydrogen (secondary N) is 2. The van der Waals surface area contributed by atoms with E-state index in [1.807, 2.05) is 0 Å². The monoisotopic (exact) mass is 750 g/mol. The Morgan fingerprint density at radius 2 is 1.46 bits per heavy atom. The molecule has 3 atom stereocenters. The molecule has 4 rings (SSSR count). The van der Waals surface area contributed by atoms with E-state index in [9.17, 15) is 41.9 Å². The Morgan fingerprint density at radius 1 is 0.815 bits per heavy atom. The molecule has 0 radical (unpaired) electrons. The molecular formula is C36H33F3N6O9. The van der Waals surface area contributed by atoms with Gasteiger partial charge in [0.15, 0.2) is 6.04 Å². The van der Waals surface area contributed by atoms with Gasteiger partial charge >= 0.3 is 30.1 Å². The molecule has 9 N–H and O–H groups in total. The Hall–Kier alpha value is -6.66. The molecule has 0 bridgehead atoms. The first-order valence-corrected chi connectivity index (χ1v) is 15.9. The summed E-state index contributed by atoms with van der Waals surface area (Å²) >= 11 is 0. The van der Waals surface area contributed by atoms with Crippen LogP contribution in [-0.4, -0.2) is 76.0 Å². The van der Waals surface area contributed by atoms with Crippen LogP contribution in [-0.2, 0) is 46.4 Å². The first-order chi connectivity index (χ1) is 25.4. The van der Waals surface area contributed by atoms with Crippen molar-refractivity contribution in [3.05, 3.63) is 113 Å². The lowest BCUT2D eigenvalue weighted by Gasteiger charge is -2.29. The van der Waals surface area contributed by atoms with Crippen LogP contribution >= 0.6 is 0 Å². The fourth-order valence-electron chi connectivity index (χ4n) is 5.10. The number of hydrogen-bond donors (Lipinski definition) is 6. The number of halogens is 3. The predicted octanol–water partition coefficient (Wildman–Crippen LogP) is 2.58. The van der Waals surface area contributed by atoms with Crippen molar-refractivity contribution in [2.75, 3.05) is 5.32 Å². The average molecular weight is 751 g/mol. The summed E-state index contributed by atoms with van der Waals surface area (Å²) < 4.78 is 45.5. The molecule has 15 nitrogen and oxygen atoms in total. The number of amidine groups is 1. The van der Waals surface area contributed by atoms with Crippen molar-refractivity contribution in [2.24, 2.45) is 17.2 Å². The van der Waals surface area contributed by atoms with E-state index >= 15 is 0 Å². The number of carboxylic acid groups (broad SMARTS) is 1. The fraction of sp³-hybridized carbons (Fsp3) is 0.194. The number of benzene rings is 4. The van der Waals surface area contributed by atoms with E-state index in [1.165, 1.54) is 18.2 Å². The second-order valence-corrected chi connectivity index (χ2v) is 11.8. The van der Waals surface area contributed by atoms with Gasteiger partial charge in [0.1, 0.15) is 11.9 Å². The SMILES string of the molecule is N=C(N)c1ccc(CC(N)C(=O)Nc2cccc(C(=O)N(OC(=O)C(F)(F)F)[C@@H](Cc3cccc4ccccc34)C(=O)OC(=O)[C@@H](N)CC(=O)O)c2)cc1. The number of anilines is 1. The fourth-order valence-corrected chi connectivity index (χ4v) is 5.10. The van der Waals surface area contributed by atoms with Crippen LogP contribution in [0.4, 0.5) is 18.9 Å². The zero-order valence-electron chi connectivity index (χ0n) is 28.0. The molecule has 282 valence electrons. The minimum atomic E-state index is -5.68. The summed E-state index contributed by atoms with van der Waals surface area (Å²) in [7, 11) is 0. The third-order valence-electron chi connectivity index (χ3n) is 7.79. The number of ether oxygens (including phenoxy) is 1. The summed E-state index contributed by atoms with van der Waals surface area (Å²) in [6.45, 7) is 0. The zero-order valence-corrected chi connectivity index (χ0v) is 28.0. The zero-order chi connectivity index (χ0) is 39.7. The molecular weight excluding hydrogens is 717 g/mol. The highest BCUT2D eigenvalue weighted by atomic mass is 19.4. The second-order valence-electron chi connectivity index (χ2n) is 11.8. The summed E-state index contributed by atoms with van der Waals surface area (Å²) in [5, 5.41) is 19.9. The number of carbonyl (C=O) groups is 6.